The molecule has 0 aromatic carbocycles. The molecular formula is C15H23ClN2S. The van der Waals surface area contributed by atoms with E-state index in [4.69, 9.17) is 16.6 Å². The molecule has 1 aliphatic heterocycles. The number of hydrogen-bond acceptors (Lipinski definition) is 3. The zero-order chi connectivity index (χ0) is 13.9. The fourth-order valence-corrected chi connectivity index (χ4v) is 3.73. The molecule has 2 nitrogen and oxygen atoms in total. The van der Waals surface area contributed by atoms with Gasteiger partial charge in [0.2, 0.25) is 0 Å². The van der Waals surface area contributed by atoms with E-state index in [2.05, 4.69) is 37.8 Å². The zero-order valence-electron chi connectivity index (χ0n) is 12.1. The minimum atomic E-state index is 0.307. The molecule has 2 rings (SSSR count). The fourth-order valence-electron chi connectivity index (χ4n) is 2.47. The Morgan fingerprint density at radius 1 is 1.42 bits per heavy atom. The summed E-state index contributed by atoms with van der Waals surface area (Å²) in [5.74, 6) is 2.84. The standard InChI is InChI=1S/C15H23ClN2S/c1-4-5-13-8-12(10-16)9-14(17-13)18-6-7-19-15(2,3)11-18/h8-9H,4-7,10-11H2,1-3H3. The normalized spacial score (nSPS) is 18.6. The number of rotatable bonds is 4. The Labute approximate surface area is 125 Å². The van der Waals surface area contributed by atoms with Crippen LogP contribution in [0.5, 0.6) is 0 Å². The van der Waals surface area contributed by atoms with E-state index in [1.165, 1.54) is 17.0 Å². The quantitative estimate of drug-likeness (QED) is 0.778. The molecule has 0 N–H and O–H groups in total. The van der Waals surface area contributed by atoms with Crippen molar-refractivity contribution < 1.29 is 0 Å². The minimum Gasteiger partial charge on any atom is -0.354 e. The van der Waals surface area contributed by atoms with Crippen molar-refractivity contribution in [3.05, 3.63) is 23.4 Å². The molecule has 2 heterocycles. The summed E-state index contributed by atoms with van der Waals surface area (Å²) in [4.78, 5) is 7.23. The average Bonchev–Trinajstić information content (AvgIpc) is 2.37. The summed E-state index contributed by atoms with van der Waals surface area (Å²) >= 11 is 8.06. The molecule has 0 aliphatic carbocycles. The molecule has 1 aromatic heterocycles. The highest BCUT2D eigenvalue weighted by molar-refractivity contribution is 8.00. The van der Waals surface area contributed by atoms with Crippen molar-refractivity contribution in [1.29, 1.82) is 0 Å². The molecule has 0 atom stereocenters. The van der Waals surface area contributed by atoms with Crippen LogP contribution in [-0.4, -0.2) is 28.6 Å². The number of nitrogens with zero attached hydrogens (tertiary/aromatic N) is 2. The van der Waals surface area contributed by atoms with Gasteiger partial charge in [0.05, 0.1) is 0 Å². The number of anilines is 1. The molecular weight excluding hydrogens is 276 g/mol. The van der Waals surface area contributed by atoms with Crippen LogP contribution in [0.4, 0.5) is 5.82 Å². The topological polar surface area (TPSA) is 16.1 Å². The number of halogens is 1. The molecule has 106 valence electrons. The van der Waals surface area contributed by atoms with Gasteiger partial charge in [-0.2, -0.15) is 11.8 Å². The molecule has 19 heavy (non-hydrogen) atoms. The van der Waals surface area contributed by atoms with Crippen LogP contribution in [0.2, 0.25) is 0 Å². The van der Waals surface area contributed by atoms with Crippen molar-refractivity contribution in [2.75, 3.05) is 23.7 Å². The maximum absolute atomic E-state index is 6.02. The third-order valence-corrected chi connectivity index (χ3v) is 4.94. The lowest BCUT2D eigenvalue weighted by Gasteiger charge is -2.38. The van der Waals surface area contributed by atoms with E-state index < -0.39 is 0 Å². The van der Waals surface area contributed by atoms with E-state index >= 15 is 0 Å². The number of hydrogen-bond donors (Lipinski definition) is 0. The molecule has 1 aromatic rings. The number of aryl methyl sites for hydroxylation is 1. The third-order valence-electron chi connectivity index (χ3n) is 3.33. The highest BCUT2D eigenvalue weighted by atomic mass is 35.5. The van der Waals surface area contributed by atoms with Gasteiger partial charge in [-0.05, 0) is 38.0 Å². The summed E-state index contributed by atoms with van der Waals surface area (Å²) in [5.41, 5.74) is 2.36. The lowest BCUT2D eigenvalue weighted by molar-refractivity contribution is 0.640. The van der Waals surface area contributed by atoms with Gasteiger partial charge in [0, 0.05) is 35.2 Å². The van der Waals surface area contributed by atoms with Gasteiger partial charge in [0.25, 0.3) is 0 Å². The van der Waals surface area contributed by atoms with Gasteiger partial charge in [0.15, 0.2) is 0 Å². The van der Waals surface area contributed by atoms with E-state index in [9.17, 15) is 0 Å². The molecule has 0 saturated carbocycles. The lowest BCUT2D eigenvalue weighted by Crippen LogP contribution is -2.43. The van der Waals surface area contributed by atoms with Crippen molar-refractivity contribution >= 4 is 29.2 Å². The van der Waals surface area contributed by atoms with Gasteiger partial charge in [-0.1, -0.05) is 13.3 Å². The Morgan fingerprint density at radius 2 is 2.21 bits per heavy atom. The first-order chi connectivity index (χ1) is 9.04. The molecule has 1 saturated heterocycles. The maximum atomic E-state index is 6.02. The van der Waals surface area contributed by atoms with E-state index in [0.717, 1.165) is 31.7 Å². The van der Waals surface area contributed by atoms with Gasteiger partial charge < -0.3 is 4.90 Å². The Kier molecular flexibility index (Phi) is 5.02. The summed E-state index contributed by atoms with van der Waals surface area (Å²) in [5, 5.41) is 0. The average molecular weight is 299 g/mol. The lowest BCUT2D eigenvalue weighted by atomic mass is 10.1. The van der Waals surface area contributed by atoms with Crippen molar-refractivity contribution in [2.45, 2.75) is 44.2 Å². The van der Waals surface area contributed by atoms with Crippen LogP contribution in [0.1, 0.15) is 38.4 Å². The van der Waals surface area contributed by atoms with Crippen LogP contribution in [0.25, 0.3) is 0 Å². The molecule has 0 bridgehead atoms. The van der Waals surface area contributed by atoms with Gasteiger partial charge in [-0.15, -0.1) is 11.6 Å². The predicted octanol–water partition coefficient (Wildman–Crippen LogP) is 4.10. The Balaban J connectivity index is 2.25. The monoisotopic (exact) mass is 298 g/mol. The summed E-state index contributed by atoms with van der Waals surface area (Å²) in [6.07, 6.45) is 2.16. The highest BCUT2D eigenvalue weighted by Crippen LogP contribution is 2.32. The highest BCUT2D eigenvalue weighted by Gasteiger charge is 2.27. The van der Waals surface area contributed by atoms with Crippen molar-refractivity contribution in [3.8, 4) is 0 Å². The van der Waals surface area contributed by atoms with Crippen LogP contribution >= 0.6 is 23.4 Å². The first-order valence-electron chi connectivity index (χ1n) is 6.99. The predicted molar refractivity (Wildman–Crippen MR) is 86.5 cm³/mol. The number of thioether (sulfide) groups is 1. The van der Waals surface area contributed by atoms with Crippen molar-refractivity contribution in [1.82, 2.24) is 4.98 Å². The summed E-state index contributed by atoms with van der Waals surface area (Å²) in [7, 11) is 0. The third kappa shape index (κ3) is 4.03. The molecule has 4 heteroatoms. The van der Waals surface area contributed by atoms with Crippen molar-refractivity contribution in [2.24, 2.45) is 0 Å². The maximum Gasteiger partial charge on any atom is 0.129 e. The van der Waals surface area contributed by atoms with Gasteiger partial charge in [-0.3, -0.25) is 0 Å². The summed E-state index contributed by atoms with van der Waals surface area (Å²) < 4.78 is 0.307. The molecule has 0 spiro atoms. The Bertz CT molecular complexity index is 434. The molecule has 1 aliphatic rings. The summed E-state index contributed by atoms with van der Waals surface area (Å²) in [6.45, 7) is 8.94. The smallest absolute Gasteiger partial charge is 0.129 e. The van der Waals surface area contributed by atoms with Crippen LogP contribution in [0.15, 0.2) is 12.1 Å². The first kappa shape index (κ1) is 15.0. The van der Waals surface area contributed by atoms with Crippen LogP contribution in [0.3, 0.4) is 0 Å². The second-order valence-corrected chi connectivity index (χ2v) is 7.81. The van der Waals surface area contributed by atoms with Crippen LogP contribution in [-0.2, 0) is 12.3 Å². The van der Waals surface area contributed by atoms with Gasteiger partial charge in [0.1, 0.15) is 5.82 Å². The van der Waals surface area contributed by atoms with Crippen LogP contribution in [0, 0.1) is 0 Å². The van der Waals surface area contributed by atoms with E-state index in [1.54, 1.807) is 0 Å². The molecule has 0 unspecified atom stereocenters. The number of pyridine rings is 1. The SMILES string of the molecule is CCCc1cc(CCl)cc(N2CCSC(C)(C)C2)n1. The molecule has 0 amide bonds. The number of aromatic nitrogens is 1. The second kappa shape index (κ2) is 6.36. The Morgan fingerprint density at radius 3 is 2.84 bits per heavy atom. The first-order valence-corrected chi connectivity index (χ1v) is 8.51. The zero-order valence-corrected chi connectivity index (χ0v) is 13.7. The van der Waals surface area contributed by atoms with Gasteiger partial charge in [-0.25, -0.2) is 4.98 Å². The van der Waals surface area contributed by atoms with Crippen molar-refractivity contribution in [3.63, 3.8) is 0 Å². The number of alkyl halides is 1. The fraction of sp³-hybridized carbons (Fsp3) is 0.667. The molecule has 1 fully saturated rings. The van der Waals surface area contributed by atoms with E-state index in [1.807, 2.05) is 11.8 Å². The summed E-state index contributed by atoms with van der Waals surface area (Å²) in [6, 6.07) is 4.29. The Hall–Kier alpha value is -0.410. The minimum absolute atomic E-state index is 0.307. The van der Waals surface area contributed by atoms with E-state index in [0.29, 0.717) is 10.6 Å². The second-order valence-electron chi connectivity index (χ2n) is 5.74. The molecule has 0 radical (unpaired) electrons. The van der Waals surface area contributed by atoms with Gasteiger partial charge >= 0.3 is 0 Å². The largest absolute Gasteiger partial charge is 0.354 e. The van der Waals surface area contributed by atoms with Crippen LogP contribution < -0.4 is 4.90 Å². The van der Waals surface area contributed by atoms with E-state index in [-0.39, 0.29) is 0 Å².